The average Bonchev–Trinajstić information content (AvgIpc) is 3.20. The lowest BCUT2D eigenvalue weighted by atomic mass is 10.1. The maximum absolute atomic E-state index is 12.7. The number of nitrogens with one attached hydrogen (secondary N) is 3. The zero-order valence-corrected chi connectivity index (χ0v) is 16.6. The number of carbonyl (C=O) groups is 1. The number of benzene rings is 1. The Kier molecular flexibility index (Phi) is 5.87. The van der Waals surface area contributed by atoms with Crippen LogP contribution in [0.1, 0.15) is 21.7 Å². The molecule has 4 rings (SSSR count). The fourth-order valence-electron chi connectivity index (χ4n) is 3.25. The van der Waals surface area contributed by atoms with Gasteiger partial charge < -0.3 is 20.0 Å². The second-order valence-electron chi connectivity index (χ2n) is 6.92. The Morgan fingerprint density at radius 3 is 3.00 bits per heavy atom. The van der Waals surface area contributed by atoms with Gasteiger partial charge in [0.25, 0.3) is 5.91 Å². The molecule has 10 heteroatoms. The highest BCUT2D eigenvalue weighted by Gasteiger charge is 2.22. The zero-order valence-electron chi connectivity index (χ0n) is 15.7. The number of hydrogen-bond acceptors (Lipinski definition) is 6. The first-order valence-electron chi connectivity index (χ1n) is 8.89. The first kappa shape index (κ1) is 20.1. The molecule has 0 saturated heterocycles. The van der Waals surface area contributed by atoms with E-state index >= 15 is 0 Å². The Morgan fingerprint density at radius 2 is 2.21 bits per heavy atom. The van der Waals surface area contributed by atoms with E-state index in [2.05, 4.69) is 20.8 Å². The highest BCUT2D eigenvalue weighted by atomic mass is 35.5. The monoisotopic (exact) mass is 406 g/mol. The molecular weight excluding hydrogens is 384 g/mol. The summed E-state index contributed by atoms with van der Waals surface area (Å²) in [5.41, 5.74) is 4.05. The first-order valence-corrected chi connectivity index (χ1v) is 8.89. The lowest BCUT2D eigenvalue weighted by Crippen LogP contribution is -2.25. The largest absolute Gasteiger partial charge is 0.419 e. The summed E-state index contributed by atoms with van der Waals surface area (Å²) in [6, 6.07) is 5.17. The molecule has 0 bridgehead atoms. The predicted octanol–water partition coefficient (Wildman–Crippen LogP) is 1.20. The second kappa shape index (κ2) is 8.17. The van der Waals surface area contributed by atoms with Crippen LogP contribution in [0.5, 0.6) is 0 Å². The van der Waals surface area contributed by atoms with Crippen molar-refractivity contribution in [1.82, 2.24) is 25.0 Å². The maximum Gasteiger partial charge on any atom is 0.419 e. The number of carbonyl (C=O) groups excluding carboxylic acids is 1. The number of rotatable bonds is 5. The van der Waals surface area contributed by atoms with Crippen molar-refractivity contribution in [2.45, 2.75) is 19.5 Å². The van der Waals surface area contributed by atoms with Gasteiger partial charge in [-0.05, 0) is 32.3 Å². The molecule has 0 aliphatic carbocycles. The van der Waals surface area contributed by atoms with Gasteiger partial charge in [-0.25, -0.2) is 4.79 Å². The number of fused-ring (bicyclic) bond motifs is 2. The molecule has 0 radical (unpaired) electrons. The molecule has 0 fully saturated rings. The lowest BCUT2D eigenvalue weighted by molar-refractivity contribution is 0.102. The van der Waals surface area contributed by atoms with Crippen LogP contribution in [-0.2, 0) is 19.5 Å². The predicted molar refractivity (Wildman–Crippen MR) is 108 cm³/mol. The van der Waals surface area contributed by atoms with Crippen molar-refractivity contribution in [2.24, 2.45) is 0 Å². The number of aromatic nitrogens is 3. The molecule has 1 aliphatic rings. The minimum atomic E-state index is -0.400. The quantitative estimate of drug-likeness (QED) is 0.587. The Hall–Kier alpha value is -2.62. The number of nitrogens with zero attached hydrogens (tertiary/aromatic N) is 3. The number of oxazole rings is 1. The number of H-pyrrole nitrogens is 1. The molecule has 0 unspecified atom stereocenters. The summed E-state index contributed by atoms with van der Waals surface area (Å²) in [6.45, 7) is 2.71. The molecule has 1 aromatic carbocycles. The van der Waals surface area contributed by atoms with Crippen molar-refractivity contribution in [3.63, 3.8) is 0 Å². The Bertz CT molecular complexity index is 1050. The summed E-state index contributed by atoms with van der Waals surface area (Å²) < 4.78 is 6.86. The standard InChI is InChI=1S/C18H22N6O3.ClH/c1-23(2)7-8-24-14-9-11(3-4-15(14)27-18(24)26)20-17(25)16-12-10-19-6-5-13(12)21-22-16;/h3-4,9,19H,5-8,10H2,1-2H3,(H,20,25)(H,21,22);1H. The molecule has 2 aromatic heterocycles. The zero-order chi connectivity index (χ0) is 19.0. The number of halogens is 1. The number of likely N-dealkylation sites (N-methyl/N-ethyl adjacent to an activating group) is 1. The highest BCUT2D eigenvalue weighted by Crippen LogP contribution is 2.21. The second-order valence-corrected chi connectivity index (χ2v) is 6.92. The Balaban J connectivity index is 0.00000225. The minimum Gasteiger partial charge on any atom is -0.408 e. The third-order valence-corrected chi connectivity index (χ3v) is 4.72. The third-order valence-electron chi connectivity index (χ3n) is 4.72. The summed E-state index contributed by atoms with van der Waals surface area (Å²) in [7, 11) is 3.89. The summed E-state index contributed by atoms with van der Waals surface area (Å²) in [6.07, 6.45) is 0.828. The molecule has 1 aliphatic heterocycles. The van der Waals surface area contributed by atoms with E-state index in [1.165, 1.54) is 0 Å². The fourth-order valence-corrected chi connectivity index (χ4v) is 3.25. The van der Waals surface area contributed by atoms with Crippen LogP contribution >= 0.6 is 12.4 Å². The van der Waals surface area contributed by atoms with Crippen LogP contribution in [0, 0.1) is 0 Å². The summed E-state index contributed by atoms with van der Waals surface area (Å²) >= 11 is 0. The van der Waals surface area contributed by atoms with Crippen LogP contribution in [0.4, 0.5) is 5.69 Å². The van der Waals surface area contributed by atoms with Gasteiger partial charge in [0, 0.05) is 49.5 Å². The first-order chi connectivity index (χ1) is 13.0. The van der Waals surface area contributed by atoms with Gasteiger partial charge in [0.05, 0.1) is 5.52 Å². The van der Waals surface area contributed by atoms with Gasteiger partial charge in [0.2, 0.25) is 0 Å². The number of amides is 1. The van der Waals surface area contributed by atoms with Crippen molar-refractivity contribution in [2.75, 3.05) is 32.5 Å². The van der Waals surface area contributed by atoms with Gasteiger partial charge in [-0.2, -0.15) is 5.10 Å². The van der Waals surface area contributed by atoms with Crippen molar-refractivity contribution >= 4 is 35.1 Å². The number of anilines is 1. The molecule has 28 heavy (non-hydrogen) atoms. The molecule has 3 heterocycles. The van der Waals surface area contributed by atoms with Crippen LogP contribution in [-0.4, -0.2) is 52.8 Å². The molecule has 0 atom stereocenters. The smallest absolute Gasteiger partial charge is 0.408 e. The molecule has 9 nitrogen and oxygen atoms in total. The molecule has 0 saturated carbocycles. The van der Waals surface area contributed by atoms with Crippen LogP contribution < -0.4 is 16.4 Å². The Morgan fingerprint density at radius 1 is 1.39 bits per heavy atom. The summed E-state index contributed by atoms with van der Waals surface area (Å²) in [5, 5.41) is 13.2. The highest BCUT2D eigenvalue weighted by molar-refractivity contribution is 6.04. The summed E-state index contributed by atoms with van der Waals surface area (Å²) in [5.74, 6) is -0.677. The van der Waals surface area contributed by atoms with E-state index < -0.39 is 5.76 Å². The van der Waals surface area contributed by atoms with Crippen molar-refractivity contribution in [3.8, 4) is 0 Å². The number of aromatic amines is 1. The maximum atomic E-state index is 12.7. The van der Waals surface area contributed by atoms with Crippen molar-refractivity contribution in [3.05, 3.63) is 45.7 Å². The van der Waals surface area contributed by atoms with E-state index in [-0.39, 0.29) is 18.3 Å². The van der Waals surface area contributed by atoms with Crippen LogP contribution in [0.2, 0.25) is 0 Å². The summed E-state index contributed by atoms with van der Waals surface area (Å²) in [4.78, 5) is 26.8. The van der Waals surface area contributed by atoms with E-state index in [0.29, 0.717) is 42.1 Å². The van der Waals surface area contributed by atoms with E-state index in [0.717, 1.165) is 24.2 Å². The van der Waals surface area contributed by atoms with Crippen LogP contribution in [0.3, 0.4) is 0 Å². The molecule has 1 amide bonds. The average molecular weight is 407 g/mol. The third kappa shape index (κ3) is 3.82. The van der Waals surface area contributed by atoms with Crippen LogP contribution in [0.25, 0.3) is 11.1 Å². The molecule has 150 valence electrons. The SMILES string of the molecule is CN(C)CCn1c(=O)oc2ccc(NC(=O)c3n[nH]c4c3CNCC4)cc21.Cl. The van der Waals surface area contributed by atoms with Gasteiger partial charge in [0.15, 0.2) is 11.3 Å². The van der Waals surface area contributed by atoms with E-state index in [1.807, 2.05) is 19.0 Å². The minimum absolute atomic E-state index is 0. The fraction of sp³-hybridized carbons (Fsp3) is 0.389. The molecule has 0 spiro atoms. The van der Waals surface area contributed by atoms with Gasteiger partial charge in [-0.15, -0.1) is 12.4 Å². The topological polar surface area (TPSA) is 108 Å². The Labute approximate surface area is 167 Å². The molecule has 3 N–H and O–H groups in total. The van der Waals surface area contributed by atoms with Gasteiger partial charge in [-0.3, -0.25) is 14.5 Å². The molecular formula is C18H23ClN6O3. The van der Waals surface area contributed by atoms with E-state index in [9.17, 15) is 9.59 Å². The van der Waals surface area contributed by atoms with Gasteiger partial charge in [0.1, 0.15) is 0 Å². The molecule has 3 aromatic rings. The van der Waals surface area contributed by atoms with E-state index in [1.54, 1.807) is 22.8 Å². The van der Waals surface area contributed by atoms with E-state index in [4.69, 9.17) is 4.42 Å². The van der Waals surface area contributed by atoms with Crippen LogP contribution in [0.15, 0.2) is 27.4 Å². The van der Waals surface area contributed by atoms with Crippen molar-refractivity contribution in [1.29, 1.82) is 0 Å². The van der Waals surface area contributed by atoms with Gasteiger partial charge in [-0.1, -0.05) is 0 Å². The van der Waals surface area contributed by atoms with Crippen molar-refractivity contribution < 1.29 is 9.21 Å². The number of hydrogen-bond donors (Lipinski definition) is 3. The lowest BCUT2D eigenvalue weighted by Gasteiger charge is -2.13. The normalized spacial score (nSPS) is 13.4. The van der Waals surface area contributed by atoms with Gasteiger partial charge >= 0.3 is 5.76 Å².